The summed E-state index contributed by atoms with van der Waals surface area (Å²) in [5, 5.41) is 2.90. The molecule has 0 saturated carbocycles. The molecule has 0 spiro atoms. The lowest BCUT2D eigenvalue weighted by Crippen LogP contribution is -2.21. The monoisotopic (exact) mass is 566 g/mol. The first-order valence-electron chi connectivity index (χ1n) is 10.3. The van der Waals surface area contributed by atoms with E-state index in [0.29, 0.717) is 23.7 Å². The van der Waals surface area contributed by atoms with Gasteiger partial charge in [0.2, 0.25) is 0 Å². The fourth-order valence-electron chi connectivity index (χ4n) is 3.19. The summed E-state index contributed by atoms with van der Waals surface area (Å²) in [5.74, 6) is 0.476. The Labute approximate surface area is 212 Å². The predicted molar refractivity (Wildman–Crippen MR) is 138 cm³/mol. The Bertz CT molecular complexity index is 1270. The smallest absolute Gasteiger partial charge is 0.262 e. The molecule has 0 saturated heterocycles. The zero-order valence-electron chi connectivity index (χ0n) is 18.8. The minimum Gasteiger partial charge on any atom is -0.494 e. The van der Waals surface area contributed by atoms with Gasteiger partial charge in [-0.25, -0.2) is 8.42 Å². The molecule has 0 fully saturated rings. The average molecular weight is 568 g/mol. The van der Waals surface area contributed by atoms with Crippen LogP contribution in [0.1, 0.15) is 18.1 Å². The SMILES string of the molecule is CCOc1ccc(NS(=O)(=O)c2ccc(OCC(=O)Nc3c(C)cc(Br)cc3C)c(Cl)c2)cc1. The molecule has 180 valence electrons. The zero-order valence-corrected chi connectivity index (χ0v) is 22.0. The Balaban J connectivity index is 1.64. The number of hydrogen-bond acceptors (Lipinski definition) is 5. The van der Waals surface area contributed by atoms with Gasteiger partial charge in [-0.05, 0) is 86.5 Å². The van der Waals surface area contributed by atoms with E-state index in [2.05, 4.69) is 26.0 Å². The maximum Gasteiger partial charge on any atom is 0.262 e. The Morgan fingerprint density at radius 1 is 1.00 bits per heavy atom. The van der Waals surface area contributed by atoms with Crippen LogP contribution in [0.15, 0.2) is 64.0 Å². The van der Waals surface area contributed by atoms with E-state index in [1.54, 1.807) is 24.3 Å². The van der Waals surface area contributed by atoms with E-state index in [9.17, 15) is 13.2 Å². The van der Waals surface area contributed by atoms with E-state index < -0.39 is 10.0 Å². The van der Waals surface area contributed by atoms with Gasteiger partial charge in [-0.3, -0.25) is 9.52 Å². The van der Waals surface area contributed by atoms with Crippen LogP contribution in [0.3, 0.4) is 0 Å². The summed E-state index contributed by atoms with van der Waals surface area (Å²) in [6, 6.07) is 14.4. The minimum atomic E-state index is -3.88. The van der Waals surface area contributed by atoms with Crippen molar-refractivity contribution in [2.45, 2.75) is 25.7 Å². The van der Waals surface area contributed by atoms with Gasteiger partial charge >= 0.3 is 0 Å². The fraction of sp³-hybridized carbons (Fsp3) is 0.208. The van der Waals surface area contributed by atoms with E-state index in [1.807, 2.05) is 32.9 Å². The lowest BCUT2D eigenvalue weighted by Gasteiger charge is -2.14. The molecule has 7 nitrogen and oxygen atoms in total. The van der Waals surface area contributed by atoms with Gasteiger partial charge < -0.3 is 14.8 Å². The highest BCUT2D eigenvalue weighted by atomic mass is 79.9. The van der Waals surface area contributed by atoms with Crippen molar-refractivity contribution >= 4 is 54.8 Å². The quantitative estimate of drug-likeness (QED) is 0.334. The van der Waals surface area contributed by atoms with E-state index in [0.717, 1.165) is 15.6 Å². The summed E-state index contributed by atoms with van der Waals surface area (Å²) < 4.78 is 39.7. The number of carbonyl (C=O) groups excluding carboxylic acids is 1. The molecule has 0 unspecified atom stereocenters. The molecule has 10 heteroatoms. The molecule has 0 aromatic heterocycles. The summed E-state index contributed by atoms with van der Waals surface area (Å²) in [4.78, 5) is 12.3. The first kappa shape index (κ1) is 25.9. The molecule has 1 amide bonds. The van der Waals surface area contributed by atoms with Gasteiger partial charge in [-0.2, -0.15) is 0 Å². The molecule has 3 aromatic rings. The Kier molecular flexibility index (Phi) is 8.46. The average Bonchev–Trinajstić information content (AvgIpc) is 2.76. The Morgan fingerprint density at radius 3 is 2.24 bits per heavy atom. The van der Waals surface area contributed by atoms with Crippen LogP contribution in [0.2, 0.25) is 5.02 Å². The van der Waals surface area contributed by atoms with Crippen molar-refractivity contribution in [1.29, 1.82) is 0 Å². The number of carbonyl (C=O) groups is 1. The molecule has 0 bridgehead atoms. The molecule has 2 N–H and O–H groups in total. The lowest BCUT2D eigenvalue weighted by molar-refractivity contribution is -0.118. The molecule has 0 heterocycles. The molecular weight excluding hydrogens is 544 g/mol. The number of rotatable bonds is 9. The number of amides is 1. The van der Waals surface area contributed by atoms with Crippen molar-refractivity contribution in [3.63, 3.8) is 0 Å². The van der Waals surface area contributed by atoms with Gasteiger partial charge in [0.15, 0.2) is 6.61 Å². The molecule has 0 aliphatic carbocycles. The first-order chi connectivity index (χ1) is 16.1. The van der Waals surface area contributed by atoms with Crippen LogP contribution in [0.25, 0.3) is 0 Å². The predicted octanol–water partition coefficient (Wildman–Crippen LogP) is 5.94. The maximum absolute atomic E-state index is 12.7. The van der Waals surface area contributed by atoms with Gasteiger partial charge in [0.05, 0.1) is 16.5 Å². The lowest BCUT2D eigenvalue weighted by atomic mass is 10.1. The van der Waals surface area contributed by atoms with E-state index >= 15 is 0 Å². The largest absolute Gasteiger partial charge is 0.494 e. The van der Waals surface area contributed by atoms with Gasteiger partial charge in [0.1, 0.15) is 11.5 Å². The van der Waals surface area contributed by atoms with Gasteiger partial charge in [0.25, 0.3) is 15.9 Å². The van der Waals surface area contributed by atoms with Crippen molar-refractivity contribution in [3.05, 3.63) is 75.2 Å². The van der Waals surface area contributed by atoms with Gasteiger partial charge in [0, 0.05) is 15.8 Å². The summed E-state index contributed by atoms with van der Waals surface area (Å²) in [7, 11) is -3.88. The van der Waals surface area contributed by atoms with Crippen molar-refractivity contribution in [2.24, 2.45) is 0 Å². The topological polar surface area (TPSA) is 93.7 Å². The van der Waals surface area contributed by atoms with Crippen LogP contribution >= 0.6 is 27.5 Å². The van der Waals surface area contributed by atoms with E-state index in [4.69, 9.17) is 21.1 Å². The van der Waals surface area contributed by atoms with Crippen LogP contribution < -0.4 is 19.5 Å². The second kappa shape index (κ2) is 11.1. The first-order valence-corrected chi connectivity index (χ1v) is 13.0. The number of hydrogen-bond donors (Lipinski definition) is 2. The number of halogens is 2. The summed E-state index contributed by atoms with van der Waals surface area (Å²) in [5.41, 5.74) is 2.92. The van der Waals surface area contributed by atoms with Crippen LogP contribution in [0.4, 0.5) is 11.4 Å². The molecule has 0 atom stereocenters. The van der Waals surface area contributed by atoms with Gasteiger partial charge in [-0.15, -0.1) is 0 Å². The second-order valence-corrected chi connectivity index (χ2v) is 10.4. The van der Waals surface area contributed by atoms with Crippen molar-refractivity contribution in [2.75, 3.05) is 23.3 Å². The number of nitrogens with one attached hydrogen (secondary N) is 2. The summed E-state index contributed by atoms with van der Waals surface area (Å²) >= 11 is 9.66. The number of anilines is 2. The van der Waals surface area contributed by atoms with Crippen molar-refractivity contribution < 1.29 is 22.7 Å². The Morgan fingerprint density at radius 2 is 1.65 bits per heavy atom. The number of ether oxygens (including phenoxy) is 2. The fourth-order valence-corrected chi connectivity index (χ4v) is 5.26. The third-order valence-electron chi connectivity index (χ3n) is 4.75. The molecule has 3 rings (SSSR count). The minimum absolute atomic E-state index is 0.0377. The van der Waals surface area contributed by atoms with E-state index in [1.165, 1.54) is 18.2 Å². The molecule has 0 aliphatic heterocycles. The van der Waals surface area contributed by atoms with E-state index in [-0.39, 0.29) is 28.2 Å². The summed E-state index contributed by atoms with van der Waals surface area (Å²) in [6.07, 6.45) is 0. The number of aryl methyl sites for hydroxylation is 2. The molecule has 0 radical (unpaired) electrons. The van der Waals surface area contributed by atoms with Crippen molar-refractivity contribution in [1.82, 2.24) is 0 Å². The number of benzene rings is 3. The van der Waals surface area contributed by atoms with Crippen LogP contribution in [0.5, 0.6) is 11.5 Å². The van der Waals surface area contributed by atoms with Crippen molar-refractivity contribution in [3.8, 4) is 11.5 Å². The molecule has 0 aliphatic rings. The highest BCUT2D eigenvalue weighted by molar-refractivity contribution is 9.10. The molecular formula is C24H24BrClN2O5S. The second-order valence-electron chi connectivity index (χ2n) is 7.41. The normalized spacial score (nSPS) is 11.1. The zero-order chi connectivity index (χ0) is 24.9. The number of sulfonamides is 1. The third-order valence-corrected chi connectivity index (χ3v) is 6.88. The highest BCUT2D eigenvalue weighted by Gasteiger charge is 2.17. The standard InChI is InChI=1S/C24H24BrClN2O5S/c1-4-32-19-7-5-18(6-8-19)28-34(30,31)20-9-10-22(21(26)13-20)33-14-23(29)27-24-15(2)11-17(25)12-16(24)3/h5-13,28H,4,14H2,1-3H3,(H,27,29). The van der Waals surface area contributed by atoms with Gasteiger partial charge in [-0.1, -0.05) is 27.5 Å². The molecule has 3 aromatic carbocycles. The third kappa shape index (κ3) is 6.65. The Hall–Kier alpha value is -2.75. The van der Waals surface area contributed by atoms with Crippen LogP contribution in [-0.2, 0) is 14.8 Å². The maximum atomic E-state index is 12.7. The summed E-state index contributed by atoms with van der Waals surface area (Å²) in [6.45, 7) is 5.89. The molecule has 34 heavy (non-hydrogen) atoms. The van der Waals surface area contributed by atoms with Crippen LogP contribution in [-0.4, -0.2) is 27.5 Å². The highest BCUT2D eigenvalue weighted by Crippen LogP contribution is 2.29. The van der Waals surface area contributed by atoms with Crippen LogP contribution in [0, 0.1) is 13.8 Å².